The number of fused-ring (bicyclic) bond motifs is 2. The van der Waals surface area contributed by atoms with E-state index in [9.17, 15) is 9.90 Å². The van der Waals surface area contributed by atoms with E-state index in [1.165, 1.54) is 0 Å². The van der Waals surface area contributed by atoms with Crippen molar-refractivity contribution in [3.63, 3.8) is 0 Å². The summed E-state index contributed by atoms with van der Waals surface area (Å²) in [6.45, 7) is 5.69. The summed E-state index contributed by atoms with van der Waals surface area (Å²) >= 11 is 0. The van der Waals surface area contributed by atoms with Crippen LogP contribution in [0, 0.1) is 11.8 Å². The molecule has 2 bridgehead atoms. The minimum Gasteiger partial charge on any atom is -0.385 e. The summed E-state index contributed by atoms with van der Waals surface area (Å²) in [4.78, 5) is 22.2. The fourth-order valence-electron chi connectivity index (χ4n) is 3.24. The monoisotopic (exact) mass is 280 g/mol. The van der Waals surface area contributed by atoms with Gasteiger partial charge in [-0.1, -0.05) is 13.0 Å². The largest absolute Gasteiger partial charge is 0.385 e. The molecular formula is C15H20O5. The van der Waals surface area contributed by atoms with Gasteiger partial charge in [0.25, 0.3) is 0 Å². The molecule has 3 aliphatic rings. The second kappa shape index (κ2) is 4.77. The van der Waals surface area contributed by atoms with Crippen LogP contribution in [0.5, 0.6) is 0 Å². The van der Waals surface area contributed by atoms with Gasteiger partial charge in [0.1, 0.15) is 6.10 Å². The van der Waals surface area contributed by atoms with Gasteiger partial charge in [0.15, 0.2) is 5.78 Å². The number of aliphatic hydroxyl groups is 1. The Balaban J connectivity index is 1.72. The highest BCUT2D eigenvalue weighted by molar-refractivity contribution is 5.99. The lowest BCUT2D eigenvalue weighted by molar-refractivity contribution is -0.324. The van der Waals surface area contributed by atoms with Crippen LogP contribution in [-0.2, 0) is 19.3 Å². The standard InChI is InChI=1S/C15H20O5/c1-8-4-5-11(13(17)12(8)16)9(2)6-15-7-10(3)14(18-15)19-20-15/h4,7,9,11,13-14,17H,5-6H2,1-3H3/t9-,11+,13+,14?,15?/m0/s1. The zero-order valence-corrected chi connectivity index (χ0v) is 12.0. The van der Waals surface area contributed by atoms with Crippen molar-refractivity contribution in [1.82, 2.24) is 0 Å². The molecule has 1 N–H and O–H groups in total. The molecule has 2 heterocycles. The fraction of sp³-hybridized carbons (Fsp3) is 0.667. The first-order valence-electron chi connectivity index (χ1n) is 7.02. The molecule has 0 amide bonds. The lowest BCUT2D eigenvalue weighted by Gasteiger charge is -2.33. The van der Waals surface area contributed by atoms with E-state index in [2.05, 4.69) is 0 Å². The highest BCUT2D eigenvalue weighted by atomic mass is 17.3. The molecule has 2 aliphatic heterocycles. The van der Waals surface area contributed by atoms with Crippen molar-refractivity contribution in [2.24, 2.45) is 11.8 Å². The Labute approximate surface area is 118 Å². The van der Waals surface area contributed by atoms with Crippen molar-refractivity contribution in [3.05, 3.63) is 23.3 Å². The van der Waals surface area contributed by atoms with Crippen LogP contribution in [0.3, 0.4) is 0 Å². The molecular weight excluding hydrogens is 260 g/mol. The maximum absolute atomic E-state index is 11.9. The quantitative estimate of drug-likeness (QED) is 0.631. The summed E-state index contributed by atoms with van der Waals surface area (Å²) in [7, 11) is 0. The lowest BCUT2D eigenvalue weighted by atomic mass is 9.76. The number of ether oxygens (including phenoxy) is 1. The van der Waals surface area contributed by atoms with Gasteiger partial charge in [-0.25, -0.2) is 0 Å². The summed E-state index contributed by atoms with van der Waals surface area (Å²) in [6, 6.07) is 0. The topological polar surface area (TPSA) is 65.0 Å². The third-order valence-corrected chi connectivity index (χ3v) is 4.50. The zero-order chi connectivity index (χ0) is 14.5. The molecule has 0 aromatic heterocycles. The Hall–Kier alpha value is -1.01. The summed E-state index contributed by atoms with van der Waals surface area (Å²) in [5, 5.41) is 10.2. The van der Waals surface area contributed by atoms with Crippen LogP contribution in [0.1, 0.15) is 33.6 Å². The van der Waals surface area contributed by atoms with Crippen LogP contribution in [-0.4, -0.2) is 29.1 Å². The van der Waals surface area contributed by atoms with Gasteiger partial charge >= 0.3 is 0 Å². The number of aliphatic hydroxyl groups excluding tert-OH is 1. The maximum Gasteiger partial charge on any atom is 0.224 e. The van der Waals surface area contributed by atoms with E-state index in [1.807, 2.05) is 26.0 Å². The van der Waals surface area contributed by atoms with Gasteiger partial charge in [0.2, 0.25) is 12.1 Å². The van der Waals surface area contributed by atoms with E-state index < -0.39 is 18.2 Å². The fourth-order valence-corrected chi connectivity index (χ4v) is 3.24. The van der Waals surface area contributed by atoms with Gasteiger partial charge in [-0.2, -0.15) is 9.78 Å². The van der Waals surface area contributed by atoms with Crippen molar-refractivity contribution in [3.8, 4) is 0 Å². The van der Waals surface area contributed by atoms with Crippen molar-refractivity contribution in [2.45, 2.75) is 51.8 Å². The highest BCUT2D eigenvalue weighted by Gasteiger charge is 2.50. The Bertz CT molecular complexity index is 494. The molecule has 20 heavy (non-hydrogen) atoms. The Kier molecular flexibility index (Phi) is 3.33. The summed E-state index contributed by atoms with van der Waals surface area (Å²) in [5.41, 5.74) is 1.65. The minimum absolute atomic E-state index is 0.0720. The molecule has 1 saturated heterocycles. The summed E-state index contributed by atoms with van der Waals surface area (Å²) in [5.74, 6) is -1.07. The first kappa shape index (κ1) is 13.9. The molecule has 0 aromatic carbocycles. The van der Waals surface area contributed by atoms with E-state index in [1.54, 1.807) is 6.92 Å². The predicted molar refractivity (Wildman–Crippen MR) is 70.2 cm³/mol. The summed E-state index contributed by atoms with van der Waals surface area (Å²) < 4.78 is 5.70. The minimum atomic E-state index is -0.934. The van der Waals surface area contributed by atoms with Crippen LogP contribution in [0.2, 0.25) is 0 Å². The molecule has 3 rings (SSSR count). The molecule has 0 spiro atoms. The van der Waals surface area contributed by atoms with Gasteiger partial charge in [-0.05, 0) is 49.3 Å². The second-order valence-corrected chi connectivity index (χ2v) is 6.11. The van der Waals surface area contributed by atoms with Gasteiger partial charge in [0, 0.05) is 6.42 Å². The Morgan fingerprint density at radius 2 is 2.25 bits per heavy atom. The number of rotatable bonds is 3. The third-order valence-electron chi connectivity index (χ3n) is 4.50. The number of ketones is 1. The van der Waals surface area contributed by atoms with Gasteiger partial charge in [0.05, 0.1) is 0 Å². The number of hydrogen-bond donors (Lipinski definition) is 1. The zero-order valence-electron chi connectivity index (χ0n) is 12.0. The van der Waals surface area contributed by atoms with Gasteiger partial charge in [-0.3, -0.25) is 4.79 Å². The Morgan fingerprint density at radius 3 is 2.85 bits per heavy atom. The van der Waals surface area contributed by atoms with Crippen molar-refractivity contribution in [1.29, 1.82) is 0 Å². The van der Waals surface area contributed by atoms with Crippen LogP contribution < -0.4 is 0 Å². The molecule has 0 saturated carbocycles. The van der Waals surface area contributed by atoms with Gasteiger partial charge in [-0.15, -0.1) is 0 Å². The van der Waals surface area contributed by atoms with Crippen molar-refractivity contribution < 1.29 is 24.4 Å². The average Bonchev–Trinajstić information content (AvgIpc) is 2.92. The second-order valence-electron chi connectivity index (χ2n) is 6.11. The average molecular weight is 280 g/mol. The predicted octanol–water partition coefficient (Wildman–Crippen LogP) is 1.87. The smallest absolute Gasteiger partial charge is 0.224 e. The van der Waals surface area contributed by atoms with Crippen molar-refractivity contribution >= 4 is 5.78 Å². The Morgan fingerprint density at radius 1 is 1.50 bits per heavy atom. The highest BCUT2D eigenvalue weighted by Crippen LogP contribution is 2.44. The molecule has 5 nitrogen and oxygen atoms in total. The van der Waals surface area contributed by atoms with Crippen LogP contribution in [0.25, 0.3) is 0 Å². The summed E-state index contributed by atoms with van der Waals surface area (Å²) in [6.07, 6.45) is 3.74. The SMILES string of the molecule is CC1=CC[C@H]([C@@H](C)CC23C=C(C)C(OO2)O3)[C@@H](O)C1=O. The number of Topliss-reactive ketones (excluding diaryl/α,β-unsaturated/α-hetero) is 1. The normalized spacial score (nSPS) is 41.6. The molecule has 1 fully saturated rings. The van der Waals surface area contributed by atoms with E-state index in [-0.39, 0.29) is 17.6 Å². The molecule has 0 aromatic rings. The van der Waals surface area contributed by atoms with E-state index >= 15 is 0 Å². The molecule has 110 valence electrons. The number of carbonyl (C=O) groups excluding carboxylic acids is 1. The first-order chi connectivity index (χ1) is 9.42. The number of carbonyl (C=O) groups is 1. The van der Waals surface area contributed by atoms with E-state index in [4.69, 9.17) is 14.5 Å². The molecule has 5 heteroatoms. The number of allylic oxidation sites excluding steroid dienone is 1. The van der Waals surface area contributed by atoms with Crippen LogP contribution >= 0.6 is 0 Å². The van der Waals surface area contributed by atoms with E-state index in [0.717, 1.165) is 5.57 Å². The lowest BCUT2D eigenvalue weighted by Crippen LogP contribution is -2.40. The van der Waals surface area contributed by atoms with Crippen molar-refractivity contribution in [2.75, 3.05) is 0 Å². The van der Waals surface area contributed by atoms with E-state index in [0.29, 0.717) is 18.4 Å². The molecule has 2 unspecified atom stereocenters. The van der Waals surface area contributed by atoms with Gasteiger partial charge < -0.3 is 9.84 Å². The maximum atomic E-state index is 11.9. The number of hydrogen-bond acceptors (Lipinski definition) is 5. The van der Waals surface area contributed by atoms with Crippen LogP contribution in [0.4, 0.5) is 0 Å². The molecule has 5 atom stereocenters. The molecule has 1 aliphatic carbocycles. The third kappa shape index (κ3) is 2.15. The van der Waals surface area contributed by atoms with Crippen LogP contribution in [0.15, 0.2) is 23.3 Å². The first-order valence-corrected chi connectivity index (χ1v) is 7.02. The molecule has 0 radical (unpaired) electrons.